The minimum atomic E-state index is -4.27. The molecule has 98 valence electrons. The molecule has 18 heavy (non-hydrogen) atoms. The van der Waals surface area contributed by atoms with E-state index in [0.717, 1.165) is 17.5 Å². The topological polar surface area (TPSA) is 0 Å². The zero-order valence-corrected chi connectivity index (χ0v) is 10.8. The molecule has 0 aliphatic heterocycles. The number of allylic oxidation sites excluding steroid dienone is 2. The number of alkyl halides is 3. The largest absolute Gasteiger partial charge is 0.416 e. The fourth-order valence-corrected chi connectivity index (χ4v) is 2.44. The van der Waals surface area contributed by atoms with Crippen molar-refractivity contribution in [1.82, 2.24) is 0 Å². The molecule has 0 bridgehead atoms. The smallest absolute Gasteiger partial charge is 0.166 e. The number of fused-ring (bicyclic) bond motifs is 1. The summed E-state index contributed by atoms with van der Waals surface area (Å²) < 4.78 is 38.3. The van der Waals surface area contributed by atoms with E-state index in [9.17, 15) is 13.2 Å². The van der Waals surface area contributed by atoms with Gasteiger partial charge in [0, 0.05) is 5.41 Å². The van der Waals surface area contributed by atoms with Gasteiger partial charge in [0.1, 0.15) is 0 Å². The van der Waals surface area contributed by atoms with Crippen LogP contribution in [0.15, 0.2) is 30.4 Å². The van der Waals surface area contributed by atoms with Gasteiger partial charge in [-0.05, 0) is 35.6 Å². The van der Waals surface area contributed by atoms with E-state index < -0.39 is 11.7 Å². The first-order valence-electron chi connectivity index (χ1n) is 6.10. The Labute approximate surface area is 106 Å². The van der Waals surface area contributed by atoms with Crippen LogP contribution in [0.4, 0.5) is 13.2 Å². The maximum Gasteiger partial charge on any atom is 0.416 e. The average molecular weight is 254 g/mol. The molecule has 1 unspecified atom stereocenters. The van der Waals surface area contributed by atoms with Gasteiger partial charge in [0.2, 0.25) is 0 Å². The lowest BCUT2D eigenvalue weighted by molar-refractivity contribution is -0.137. The highest BCUT2D eigenvalue weighted by Crippen LogP contribution is 2.37. The van der Waals surface area contributed by atoms with Crippen molar-refractivity contribution in [3.63, 3.8) is 0 Å². The predicted octanol–water partition coefficient (Wildman–Crippen LogP) is 4.73. The quantitative estimate of drug-likeness (QED) is 0.587. The molecule has 1 aliphatic rings. The van der Waals surface area contributed by atoms with Crippen LogP contribution in [0.3, 0.4) is 0 Å². The van der Waals surface area contributed by atoms with Crippen molar-refractivity contribution in [2.75, 3.05) is 0 Å². The molecule has 1 aromatic rings. The van der Waals surface area contributed by atoms with Crippen LogP contribution in [-0.2, 0) is 18.0 Å². The Hall–Kier alpha value is -1.25. The molecule has 0 saturated carbocycles. The van der Waals surface area contributed by atoms with E-state index in [1.165, 1.54) is 12.1 Å². The molecule has 0 fully saturated rings. The molecular weight excluding hydrogens is 237 g/mol. The van der Waals surface area contributed by atoms with Crippen molar-refractivity contribution >= 4 is 0 Å². The molecule has 0 nitrogen and oxygen atoms in total. The SMILES string of the molecule is CC1C=CC(C)(C)c2cc(C(F)(F)F)ccc2C1. The molecule has 1 aliphatic carbocycles. The van der Waals surface area contributed by atoms with Gasteiger partial charge in [-0.1, -0.05) is 39.0 Å². The fraction of sp³-hybridized carbons (Fsp3) is 0.467. The summed E-state index contributed by atoms with van der Waals surface area (Å²) in [6.45, 7) is 6.00. The van der Waals surface area contributed by atoms with Crippen molar-refractivity contribution in [3.8, 4) is 0 Å². The Bertz CT molecular complexity index is 481. The number of benzene rings is 1. The molecule has 1 atom stereocenters. The van der Waals surface area contributed by atoms with E-state index >= 15 is 0 Å². The second-order valence-electron chi connectivity index (χ2n) is 5.63. The standard InChI is InChI=1S/C15H17F3/c1-10-6-7-14(2,3)13-9-12(15(16,17)18)5-4-11(13)8-10/h4-7,9-10H,8H2,1-3H3. The lowest BCUT2D eigenvalue weighted by Crippen LogP contribution is -2.17. The lowest BCUT2D eigenvalue weighted by Gasteiger charge is -2.24. The van der Waals surface area contributed by atoms with Crippen molar-refractivity contribution in [2.24, 2.45) is 5.92 Å². The molecule has 0 amide bonds. The Balaban J connectivity index is 2.57. The zero-order chi connectivity index (χ0) is 13.6. The first-order chi connectivity index (χ1) is 8.20. The minimum absolute atomic E-state index is 0.346. The maximum absolute atomic E-state index is 12.8. The monoisotopic (exact) mass is 254 g/mol. The summed E-state index contributed by atoms with van der Waals surface area (Å²) >= 11 is 0. The van der Waals surface area contributed by atoms with E-state index in [-0.39, 0.29) is 5.41 Å². The van der Waals surface area contributed by atoms with Gasteiger partial charge in [0.05, 0.1) is 5.56 Å². The molecule has 0 aromatic heterocycles. The van der Waals surface area contributed by atoms with E-state index in [1.54, 1.807) is 6.07 Å². The Morgan fingerprint density at radius 3 is 2.50 bits per heavy atom. The van der Waals surface area contributed by atoms with Crippen LogP contribution in [0.25, 0.3) is 0 Å². The summed E-state index contributed by atoms with van der Waals surface area (Å²) in [5.74, 6) is 0.363. The number of halogens is 3. The lowest BCUT2D eigenvalue weighted by atomic mass is 9.81. The van der Waals surface area contributed by atoms with Crippen LogP contribution < -0.4 is 0 Å². The molecule has 0 heterocycles. The zero-order valence-electron chi connectivity index (χ0n) is 10.8. The third-order valence-electron chi connectivity index (χ3n) is 3.51. The third kappa shape index (κ3) is 2.45. The third-order valence-corrected chi connectivity index (χ3v) is 3.51. The molecule has 0 spiro atoms. The first-order valence-corrected chi connectivity index (χ1v) is 6.10. The van der Waals surface area contributed by atoms with Crippen molar-refractivity contribution in [1.29, 1.82) is 0 Å². The molecule has 2 rings (SSSR count). The van der Waals surface area contributed by atoms with Crippen LogP contribution >= 0.6 is 0 Å². The summed E-state index contributed by atoms with van der Waals surface area (Å²) in [6.07, 6.45) is 0.636. The highest BCUT2D eigenvalue weighted by Gasteiger charge is 2.33. The summed E-state index contributed by atoms with van der Waals surface area (Å²) in [5, 5.41) is 0. The van der Waals surface area contributed by atoms with Gasteiger partial charge < -0.3 is 0 Å². The number of rotatable bonds is 0. The summed E-state index contributed by atoms with van der Waals surface area (Å²) in [7, 11) is 0. The molecule has 1 aromatic carbocycles. The second kappa shape index (κ2) is 4.15. The number of hydrogen-bond acceptors (Lipinski definition) is 0. The molecule has 3 heteroatoms. The van der Waals surface area contributed by atoms with Gasteiger partial charge in [0.15, 0.2) is 0 Å². The molecule has 0 N–H and O–H groups in total. The van der Waals surface area contributed by atoms with Gasteiger partial charge in [0.25, 0.3) is 0 Å². The summed E-state index contributed by atoms with van der Waals surface area (Å²) in [4.78, 5) is 0. The van der Waals surface area contributed by atoms with Gasteiger partial charge in [-0.25, -0.2) is 0 Å². The highest BCUT2D eigenvalue weighted by molar-refractivity contribution is 5.42. The number of hydrogen-bond donors (Lipinski definition) is 0. The van der Waals surface area contributed by atoms with Gasteiger partial charge >= 0.3 is 6.18 Å². The highest BCUT2D eigenvalue weighted by atomic mass is 19.4. The van der Waals surface area contributed by atoms with Gasteiger partial charge in [-0.3, -0.25) is 0 Å². The van der Waals surface area contributed by atoms with Crippen molar-refractivity contribution in [3.05, 3.63) is 47.0 Å². The average Bonchev–Trinajstić information content (AvgIpc) is 2.35. The van der Waals surface area contributed by atoms with Gasteiger partial charge in [-0.2, -0.15) is 13.2 Å². The van der Waals surface area contributed by atoms with Crippen LogP contribution in [-0.4, -0.2) is 0 Å². The fourth-order valence-electron chi connectivity index (χ4n) is 2.44. The Morgan fingerprint density at radius 2 is 1.89 bits per heavy atom. The van der Waals surface area contributed by atoms with E-state index in [1.807, 2.05) is 19.9 Å². The van der Waals surface area contributed by atoms with E-state index in [4.69, 9.17) is 0 Å². The van der Waals surface area contributed by atoms with Crippen LogP contribution in [0.1, 0.15) is 37.5 Å². The van der Waals surface area contributed by atoms with Crippen LogP contribution in [0.5, 0.6) is 0 Å². The Morgan fingerprint density at radius 1 is 1.22 bits per heavy atom. The second-order valence-corrected chi connectivity index (χ2v) is 5.63. The normalized spacial score (nSPS) is 22.4. The minimum Gasteiger partial charge on any atom is -0.166 e. The summed E-state index contributed by atoms with van der Waals surface area (Å²) in [6, 6.07) is 4.12. The van der Waals surface area contributed by atoms with Crippen molar-refractivity contribution in [2.45, 2.75) is 38.8 Å². The van der Waals surface area contributed by atoms with Crippen LogP contribution in [0, 0.1) is 5.92 Å². The van der Waals surface area contributed by atoms with E-state index in [0.29, 0.717) is 5.92 Å². The predicted molar refractivity (Wildman–Crippen MR) is 66.5 cm³/mol. The van der Waals surface area contributed by atoms with Crippen molar-refractivity contribution < 1.29 is 13.2 Å². The maximum atomic E-state index is 12.8. The molecular formula is C15H17F3. The molecule has 0 radical (unpaired) electrons. The summed E-state index contributed by atoms with van der Waals surface area (Å²) in [5.41, 5.74) is 0.905. The van der Waals surface area contributed by atoms with Crippen LogP contribution in [0.2, 0.25) is 0 Å². The first kappa shape index (κ1) is 13.2. The Kier molecular flexibility index (Phi) is 3.04. The van der Waals surface area contributed by atoms with Gasteiger partial charge in [-0.15, -0.1) is 0 Å². The van der Waals surface area contributed by atoms with E-state index in [2.05, 4.69) is 13.0 Å². The molecule has 0 saturated heterocycles.